The van der Waals surface area contributed by atoms with Crippen LogP contribution >= 0.6 is 11.3 Å². The Morgan fingerprint density at radius 2 is 2.26 bits per heavy atom. The lowest BCUT2D eigenvalue weighted by Gasteiger charge is -2.21. The molecule has 100 valence electrons. The Labute approximate surface area is 118 Å². The van der Waals surface area contributed by atoms with Gasteiger partial charge in [0, 0.05) is 24.0 Å². The van der Waals surface area contributed by atoms with Gasteiger partial charge in [-0.05, 0) is 36.4 Å². The summed E-state index contributed by atoms with van der Waals surface area (Å²) in [6.07, 6.45) is 5.37. The maximum absolute atomic E-state index is 4.45. The molecular weight excluding hydrogens is 252 g/mol. The maximum atomic E-state index is 4.45. The molecule has 1 aliphatic carbocycles. The van der Waals surface area contributed by atoms with E-state index in [1.54, 1.807) is 11.3 Å². The van der Waals surface area contributed by atoms with E-state index in [0.717, 1.165) is 13.0 Å². The van der Waals surface area contributed by atoms with Gasteiger partial charge in [0.2, 0.25) is 0 Å². The van der Waals surface area contributed by atoms with Crippen molar-refractivity contribution in [2.75, 3.05) is 6.54 Å². The van der Waals surface area contributed by atoms with Crippen LogP contribution in [0, 0.1) is 5.92 Å². The molecule has 0 aliphatic heterocycles. The molecule has 2 aromatic rings. The molecule has 0 spiro atoms. The zero-order valence-electron chi connectivity index (χ0n) is 11.3. The van der Waals surface area contributed by atoms with Gasteiger partial charge in [0.15, 0.2) is 0 Å². The first kappa shape index (κ1) is 12.8. The molecule has 19 heavy (non-hydrogen) atoms. The third-order valence-electron chi connectivity index (χ3n) is 3.88. The van der Waals surface area contributed by atoms with E-state index in [0.29, 0.717) is 12.0 Å². The molecule has 1 heterocycles. The Morgan fingerprint density at radius 3 is 3.05 bits per heavy atom. The number of thiazole rings is 1. The van der Waals surface area contributed by atoms with Crippen LogP contribution in [-0.4, -0.2) is 11.5 Å². The molecule has 2 atom stereocenters. The lowest BCUT2D eigenvalue weighted by atomic mass is 9.97. The zero-order chi connectivity index (χ0) is 13.1. The Kier molecular flexibility index (Phi) is 3.95. The van der Waals surface area contributed by atoms with E-state index in [-0.39, 0.29) is 0 Å². The first-order valence-electron chi connectivity index (χ1n) is 7.08. The average molecular weight is 272 g/mol. The summed E-state index contributed by atoms with van der Waals surface area (Å²) in [6.45, 7) is 3.32. The Bertz CT molecular complexity index is 519. The number of nitrogens with zero attached hydrogens (tertiary/aromatic N) is 1. The Hall–Kier alpha value is -1.19. The van der Waals surface area contributed by atoms with Gasteiger partial charge in [-0.2, -0.15) is 0 Å². The van der Waals surface area contributed by atoms with Crippen LogP contribution in [0.4, 0.5) is 0 Å². The highest BCUT2D eigenvalue weighted by Gasteiger charge is 2.32. The van der Waals surface area contributed by atoms with E-state index in [2.05, 4.69) is 46.9 Å². The third kappa shape index (κ3) is 2.72. The fourth-order valence-corrected chi connectivity index (χ4v) is 3.73. The SMILES string of the molecule is CCCNC1c2ccccc2CC1Cc1nccs1. The van der Waals surface area contributed by atoms with Crippen molar-refractivity contribution in [1.29, 1.82) is 0 Å². The topological polar surface area (TPSA) is 24.9 Å². The van der Waals surface area contributed by atoms with Crippen LogP contribution in [0.3, 0.4) is 0 Å². The Balaban J connectivity index is 1.80. The highest BCUT2D eigenvalue weighted by atomic mass is 32.1. The van der Waals surface area contributed by atoms with Crippen molar-refractivity contribution in [3.63, 3.8) is 0 Å². The van der Waals surface area contributed by atoms with E-state index in [1.165, 1.54) is 29.0 Å². The number of fused-ring (bicyclic) bond motifs is 1. The van der Waals surface area contributed by atoms with Crippen LogP contribution in [0.15, 0.2) is 35.8 Å². The zero-order valence-corrected chi connectivity index (χ0v) is 12.1. The van der Waals surface area contributed by atoms with Crippen molar-refractivity contribution in [2.45, 2.75) is 32.2 Å². The number of benzene rings is 1. The molecule has 1 N–H and O–H groups in total. The van der Waals surface area contributed by atoms with E-state index in [9.17, 15) is 0 Å². The minimum absolute atomic E-state index is 0.500. The number of rotatable bonds is 5. The van der Waals surface area contributed by atoms with Gasteiger partial charge in [0.05, 0.1) is 5.01 Å². The summed E-state index contributed by atoms with van der Waals surface area (Å²) in [5.41, 5.74) is 3.01. The van der Waals surface area contributed by atoms with Crippen LogP contribution in [-0.2, 0) is 12.8 Å². The smallest absolute Gasteiger partial charge is 0.0928 e. The van der Waals surface area contributed by atoms with Gasteiger partial charge < -0.3 is 5.32 Å². The minimum Gasteiger partial charge on any atom is -0.310 e. The molecule has 0 amide bonds. The summed E-state index contributed by atoms with van der Waals surface area (Å²) in [5.74, 6) is 0.648. The number of hydrogen-bond donors (Lipinski definition) is 1. The molecule has 0 saturated carbocycles. The van der Waals surface area contributed by atoms with Crippen molar-refractivity contribution in [2.24, 2.45) is 5.92 Å². The van der Waals surface area contributed by atoms with Gasteiger partial charge in [-0.15, -0.1) is 11.3 Å². The third-order valence-corrected chi connectivity index (χ3v) is 4.68. The summed E-state index contributed by atoms with van der Waals surface area (Å²) < 4.78 is 0. The molecule has 2 unspecified atom stereocenters. The normalized spacial score (nSPS) is 21.5. The first-order valence-corrected chi connectivity index (χ1v) is 7.96. The Morgan fingerprint density at radius 1 is 1.37 bits per heavy atom. The van der Waals surface area contributed by atoms with Crippen molar-refractivity contribution in [3.8, 4) is 0 Å². The second-order valence-corrected chi connectivity index (χ2v) is 6.20. The molecule has 3 heteroatoms. The van der Waals surface area contributed by atoms with Crippen molar-refractivity contribution in [1.82, 2.24) is 10.3 Å². The number of nitrogens with one attached hydrogen (secondary N) is 1. The fourth-order valence-electron chi connectivity index (χ4n) is 3.02. The summed E-state index contributed by atoms with van der Waals surface area (Å²) >= 11 is 1.78. The van der Waals surface area contributed by atoms with Gasteiger partial charge in [-0.1, -0.05) is 31.2 Å². The highest BCUT2D eigenvalue weighted by molar-refractivity contribution is 7.09. The van der Waals surface area contributed by atoms with Crippen molar-refractivity contribution in [3.05, 3.63) is 52.0 Å². The predicted octanol–water partition coefficient (Wildman–Crippen LogP) is 3.60. The molecular formula is C16H20N2S. The standard InChI is InChI=1S/C16H20N2S/c1-2-7-18-16-13(11-15-17-8-9-19-15)10-12-5-3-4-6-14(12)16/h3-6,8-9,13,16,18H,2,7,10-11H2,1H3. The van der Waals surface area contributed by atoms with Crippen LogP contribution < -0.4 is 5.32 Å². The summed E-state index contributed by atoms with van der Waals surface area (Å²) in [6, 6.07) is 9.37. The number of hydrogen-bond acceptors (Lipinski definition) is 3. The quantitative estimate of drug-likeness (QED) is 0.899. The van der Waals surface area contributed by atoms with Gasteiger partial charge in [0.1, 0.15) is 0 Å². The van der Waals surface area contributed by atoms with Crippen molar-refractivity contribution < 1.29 is 0 Å². The molecule has 1 aromatic heterocycles. The van der Waals surface area contributed by atoms with Crippen LogP contribution in [0.1, 0.15) is 35.5 Å². The molecule has 2 nitrogen and oxygen atoms in total. The van der Waals surface area contributed by atoms with Crippen molar-refractivity contribution >= 4 is 11.3 Å². The van der Waals surface area contributed by atoms with Gasteiger partial charge in [0.25, 0.3) is 0 Å². The van der Waals surface area contributed by atoms with Gasteiger partial charge in [-0.25, -0.2) is 4.98 Å². The summed E-state index contributed by atoms with van der Waals surface area (Å²) in [4.78, 5) is 4.45. The average Bonchev–Trinajstić information content (AvgIpc) is 3.04. The van der Waals surface area contributed by atoms with Crippen LogP contribution in [0.5, 0.6) is 0 Å². The monoisotopic (exact) mass is 272 g/mol. The van der Waals surface area contributed by atoms with Gasteiger partial charge >= 0.3 is 0 Å². The second-order valence-electron chi connectivity index (χ2n) is 5.22. The van der Waals surface area contributed by atoms with Crippen LogP contribution in [0.25, 0.3) is 0 Å². The maximum Gasteiger partial charge on any atom is 0.0928 e. The molecule has 1 aliphatic rings. The minimum atomic E-state index is 0.500. The lowest BCUT2D eigenvalue weighted by Crippen LogP contribution is -2.27. The number of aromatic nitrogens is 1. The largest absolute Gasteiger partial charge is 0.310 e. The van der Waals surface area contributed by atoms with E-state index in [4.69, 9.17) is 0 Å². The lowest BCUT2D eigenvalue weighted by molar-refractivity contribution is 0.386. The molecule has 0 fully saturated rings. The molecule has 1 aromatic carbocycles. The summed E-state index contributed by atoms with van der Waals surface area (Å²) in [7, 11) is 0. The van der Waals surface area contributed by atoms with E-state index < -0.39 is 0 Å². The predicted molar refractivity (Wildman–Crippen MR) is 80.5 cm³/mol. The molecule has 0 bridgehead atoms. The molecule has 0 radical (unpaired) electrons. The highest BCUT2D eigenvalue weighted by Crippen LogP contribution is 2.38. The molecule has 0 saturated heterocycles. The first-order chi connectivity index (χ1) is 9.38. The van der Waals surface area contributed by atoms with E-state index in [1.807, 2.05) is 6.20 Å². The second kappa shape index (κ2) is 5.85. The summed E-state index contributed by atoms with van der Waals surface area (Å²) in [5, 5.41) is 7.07. The fraction of sp³-hybridized carbons (Fsp3) is 0.438. The van der Waals surface area contributed by atoms with Gasteiger partial charge in [-0.3, -0.25) is 0 Å². The van der Waals surface area contributed by atoms with Crippen LogP contribution in [0.2, 0.25) is 0 Å². The molecule has 3 rings (SSSR count). The van der Waals surface area contributed by atoms with E-state index >= 15 is 0 Å².